The van der Waals surface area contributed by atoms with Crippen LogP contribution in [0.15, 0.2) is 70.3 Å². The molecule has 0 aliphatic carbocycles. The molecule has 7 heteroatoms. The molecule has 0 N–H and O–H groups in total. The highest BCUT2D eigenvalue weighted by molar-refractivity contribution is 5.90. The van der Waals surface area contributed by atoms with Gasteiger partial charge in [-0.3, -0.25) is 9.78 Å². The smallest absolute Gasteiger partial charge is 0.316 e. The van der Waals surface area contributed by atoms with Gasteiger partial charge in [0.1, 0.15) is 5.69 Å². The quantitative estimate of drug-likeness (QED) is 0.551. The second-order valence-corrected chi connectivity index (χ2v) is 5.84. The largest absolute Gasteiger partial charge is 0.467 e. The number of benzene rings is 1. The third-order valence-corrected chi connectivity index (χ3v) is 4.19. The van der Waals surface area contributed by atoms with Gasteiger partial charge in [0.25, 0.3) is 0 Å². The van der Waals surface area contributed by atoms with Crippen LogP contribution < -0.4 is 15.1 Å². The summed E-state index contributed by atoms with van der Waals surface area (Å²) >= 11 is 0. The Morgan fingerprint density at radius 2 is 1.78 bits per heavy atom. The zero-order chi connectivity index (χ0) is 18.8. The van der Waals surface area contributed by atoms with Crippen molar-refractivity contribution in [2.45, 2.75) is 0 Å². The Bertz CT molecular complexity index is 1140. The lowest BCUT2D eigenvalue weighted by molar-refractivity contribution is 0.380. The molecule has 7 nitrogen and oxygen atoms in total. The first-order valence-electron chi connectivity index (χ1n) is 8.25. The number of pyridine rings is 1. The summed E-state index contributed by atoms with van der Waals surface area (Å²) in [5.41, 5.74) is 2.27. The highest BCUT2D eigenvalue weighted by Gasteiger charge is 2.15. The Morgan fingerprint density at radius 3 is 2.48 bits per heavy atom. The molecule has 0 saturated heterocycles. The van der Waals surface area contributed by atoms with Crippen molar-refractivity contribution in [1.82, 2.24) is 15.0 Å². The zero-order valence-corrected chi connectivity index (χ0v) is 14.8. The molecule has 1 aromatic carbocycles. The van der Waals surface area contributed by atoms with Gasteiger partial charge in [0.15, 0.2) is 11.0 Å². The second kappa shape index (κ2) is 6.87. The van der Waals surface area contributed by atoms with Crippen LogP contribution in [-0.2, 0) is 0 Å². The number of aromatic nitrogens is 3. The van der Waals surface area contributed by atoms with Gasteiger partial charge in [-0.1, -0.05) is 18.2 Å². The van der Waals surface area contributed by atoms with E-state index in [0.29, 0.717) is 28.1 Å². The first kappa shape index (κ1) is 16.7. The van der Waals surface area contributed by atoms with E-state index in [1.54, 1.807) is 24.7 Å². The molecule has 0 saturated carbocycles. The lowest BCUT2D eigenvalue weighted by Gasteiger charge is -2.18. The number of fused-ring (bicyclic) bond motifs is 1. The highest BCUT2D eigenvalue weighted by atomic mass is 16.5. The summed E-state index contributed by atoms with van der Waals surface area (Å²) < 4.78 is 11.1. The normalized spacial score (nSPS) is 10.7. The molecule has 0 atom stereocenters. The number of para-hydroxylation sites is 1. The lowest BCUT2D eigenvalue weighted by atomic mass is 10.1. The maximum atomic E-state index is 12.7. The summed E-state index contributed by atoms with van der Waals surface area (Å²) in [6.45, 7) is 0. The van der Waals surface area contributed by atoms with Crippen LogP contribution >= 0.6 is 0 Å². The third kappa shape index (κ3) is 3.10. The molecular formula is C20H16N4O3. The number of hydrogen-bond donors (Lipinski definition) is 0. The van der Waals surface area contributed by atoms with Crippen molar-refractivity contribution in [1.29, 1.82) is 0 Å². The Hall–Kier alpha value is -3.74. The van der Waals surface area contributed by atoms with Crippen molar-refractivity contribution in [3.8, 4) is 17.3 Å². The van der Waals surface area contributed by atoms with Crippen LogP contribution in [0.2, 0.25) is 0 Å². The number of anilines is 2. The number of nitrogens with zero attached hydrogens (tertiary/aromatic N) is 4. The molecule has 0 spiro atoms. The molecule has 0 bridgehead atoms. The number of rotatable bonds is 4. The summed E-state index contributed by atoms with van der Waals surface area (Å²) in [5, 5.41) is 0.445. The van der Waals surface area contributed by atoms with Gasteiger partial charge in [-0.05, 0) is 18.2 Å². The van der Waals surface area contributed by atoms with E-state index in [1.165, 1.54) is 13.2 Å². The molecule has 0 aliphatic rings. The lowest BCUT2D eigenvalue weighted by Crippen LogP contribution is -2.13. The van der Waals surface area contributed by atoms with Crippen LogP contribution in [0.1, 0.15) is 0 Å². The molecule has 4 rings (SSSR count). The van der Waals surface area contributed by atoms with Crippen LogP contribution in [0.3, 0.4) is 0 Å². The van der Waals surface area contributed by atoms with Crippen LogP contribution in [0.5, 0.6) is 6.01 Å². The van der Waals surface area contributed by atoms with E-state index in [1.807, 2.05) is 42.3 Å². The zero-order valence-electron chi connectivity index (χ0n) is 14.8. The first-order valence-corrected chi connectivity index (χ1v) is 8.25. The highest BCUT2D eigenvalue weighted by Crippen LogP contribution is 2.29. The summed E-state index contributed by atoms with van der Waals surface area (Å²) in [5.74, 6) is 0.419. The fourth-order valence-electron chi connectivity index (χ4n) is 2.76. The van der Waals surface area contributed by atoms with Crippen molar-refractivity contribution in [2.75, 3.05) is 19.1 Å². The summed E-state index contributed by atoms with van der Waals surface area (Å²) in [6, 6.07) is 13.0. The van der Waals surface area contributed by atoms with E-state index >= 15 is 0 Å². The van der Waals surface area contributed by atoms with E-state index in [0.717, 1.165) is 5.69 Å². The monoisotopic (exact) mass is 360 g/mol. The Labute approximate surface area is 154 Å². The van der Waals surface area contributed by atoms with Crippen LogP contribution in [0, 0.1) is 0 Å². The number of methoxy groups -OCH3 is 1. The minimum atomic E-state index is -0.146. The summed E-state index contributed by atoms with van der Waals surface area (Å²) in [6.07, 6.45) is 4.74. The molecule has 134 valence electrons. The van der Waals surface area contributed by atoms with Gasteiger partial charge in [0, 0.05) is 43.0 Å². The Kier molecular flexibility index (Phi) is 4.25. The van der Waals surface area contributed by atoms with Gasteiger partial charge in [0.2, 0.25) is 5.88 Å². The Balaban J connectivity index is 1.88. The predicted molar refractivity (Wildman–Crippen MR) is 102 cm³/mol. The minimum Gasteiger partial charge on any atom is -0.467 e. The molecular weight excluding hydrogens is 344 g/mol. The van der Waals surface area contributed by atoms with E-state index in [2.05, 4.69) is 15.0 Å². The maximum Gasteiger partial charge on any atom is 0.316 e. The van der Waals surface area contributed by atoms with Gasteiger partial charge in [0.05, 0.1) is 12.5 Å². The van der Waals surface area contributed by atoms with Crippen molar-refractivity contribution in [3.63, 3.8) is 0 Å². The van der Waals surface area contributed by atoms with Crippen LogP contribution in [-0.4, -0.2) is 29.1 Å². The number of hydrogen-bond acceptors (Lipinski definition) is 7. The molecule has 0 fully saturated rings. The van der Waals surface area contributed by atoms with E-state index in [4.69, 9.17) is 9.15 Å². The van der Waals surface area contributed by atoms with Crippen molar-refractivity contribution in [2.24, 2.45) is 0 Å². The molecule has 27 heavy (non-hydrogen) atoms. The van der Waals surface area contributed by atoms with E-state index < -0.39 is 0 Å². The predicted octanol–water partition coefficient (Wildman–Crippen LogP) is 3.42. The second-order valence-electron chi connectivity index (χ2n) is 5.84. The molecule has 3 aromatic heterocycles. The van der Waals surface area contributed by atoms with Crippen molar-refractivity contribution >= 4 is 22.5 Å². The van der Waals surface area contributed by atoms with Gasteiger partial charge in [-0.25, -0.2) is 9.97 Å². The standard InChI is InChI=1S/C20H16N4O3/c1-24(14-6-4-3-5-7-14)17-10-16(25)15-8-9-21-18(19(15)27-17)13-11-22-20(26-2)23-12-13/h3-12H,1-2H3. The molecule has 3 heterocycles. The van der Waals surface area contributed by atoms with Crippen LogP contribution in [0.4, 0.5) is 11.6 Å². The van der Waals surface area contributed by atoms with Crippen molar-refractivity contribution in [3.05, 3.63) is 71.3 Å². The molecule has 4 aromatic rings. The summed E-state index contributed by atoms with van der Waals surface area (Å²) in [4.78, 5) is 27.0. The summed E-state index contributed by atoms with van der Waals surface area (Å²) in [7, 11) is 3.34. The molecule has 0 unspecified atom stereocenters. The van der Waals surface area contributed by atoms with Gasteiger partial charge in [-0.2, -0.15) is 0 Å². The first-order chi connectivity index (χ1) is 13.2. The molecule has 0 amide bonds. The SMILES string of the molecule is COc1ncc(-c2nccc3c(=O)cc(N(C)c4ccccc4)oc23)cn1. The van der Waals surface area contributed by atoms with Gasteiger partial charge >= 0.3 is 6.01 Å². The Morgan fingerprint density at radius 1 is 1.04 bits per heavy atom. The minimum absolute atomic E-state index is 0.146. The van der Waals surface area contributed by atoms with Crippen molar-refractivity contribution < 1.29 is 9.15 Å². The number of ether oxygens (including phenoxy) is 1. The van der Waals surface area contributed by atoms with Gasteiger partial charge < -0.3 is 14.1 Å². The van der Waals surface area contributed by atoms with E-state index in [9.17, 15) is 4.79 Å². The topological polar surface area (TPSA) is 81.4 Å². The van der Waals surface area contributed by atoms with E-state index in [-0.39, 0.29) is 11.4 Å². The fraction of sp³-hybridized carbons (Fsp3) is 0.100. The third-order valence-electron chi connectivity index (χ3n) is 4.19. The fourth-order valence-corrected chi connectivity index (χ4v) is 2.76. The average molecular weight is 360 g/mol. The van der Waals surface area contributed by atoms with Crippen LogP contribution in [0.25, 0.3) is 22.2 Å². The van der Waals surface area contributed by atoms with Gasteiger partial charge in [-0.15, -0.1) is 0 Å². The molecule has 0 aliphatic heterocycles. The average Bonchev–Trinajstić information content (AvgIpc) is 2.73. The maximum absolute atomic E-state index is 12.7. The molecule has 0 radical (unpaired) electrons.